The number of carbonyl (C=O) groups excluding carboxylic acids is 1. The molecule has 0 heterocycles. The topological polar surface area (TPSA) is 57.6 Å². The Morgan fingerprint density at radius 2 is 1.77 bits per heavy atom. The largest absolute Gasteiger partial charge is 0.480 e. The van der Waals surface area contributed by atoms with E-state index in [4.69, 9.17) is 5.11 Å². The number of carbonyl (C=O) groups is 2. The summed E-state index contributed by atoms with van der Waals surface area (Å²) in [6, 6.07) is 4.34. The van der Waals surface area contributed by atoms with Gasteiger partial charge in [0.15, 0.2) is 0 Å². The molecular weight excluding hydrogens is 299 g/mol. The van der Waals surface area contributed by atoms with Crippen LogP contribution in [-0.2, 0) is 22.3 Å². The zero-order chi connectivity index (χ0) is 16.9. The van der Waals surface area contributed by atoms with Gasteiger partial charge in [-0.2, -0.15) is 13.2 Å². The highest BCUT2D eigenvalue weighted by Crippen LogP contribution is 2.29. The number of rotatable bonds is 6. The maximum absolute atomic E-state index is 12.5. The monoisotopic (exact) mass is 317 g/mol. The third kappa shape index (κ3) is 5.05. The number of nitrogens with zero attached hydrogens (tertiary/aromatic N) is 1. The lowest BCUT2D eigenvalue weighted by molar-refractivity contribution is -0.146. The molecule has 0 bridgehead atoms. The molecule has 1 aromatic carbocycles. The van der Waals surface area contributed by atoms with Gasteiger partial charge < -0.3 is 10.0 Å². The zero-order valence-corrected chi connectivity index (χ0v) is 12.4. The molecule has 1 N–H and O–H groups in total. The normalized spacial score (nSPS) is 12.8. The van der Waals surface area contributed by atoms with E-state index in [9.17, 15) is 22.8 Å². The van der Waals surface area contributed by atoms with E-state index in [1.807, 2.05) is 0 Å². The van der Waals surface area contributed by atoms with Crippen LogP contribution < -0.4 is 0 Å². The number of alkyl halides is 3. The Kier molecular flexibility index (Phi) is 5.96. The van der Waals surface area contributed by atoms with Crippen molar-refractivity contribution < 1.29 is 27.9 Å². The van der Waals surface area contributed by atoms with Crippen LogP contribution in [0.1, 0.15) is 31.4 Å². The van der Waals surface area contributed by atoms with E-state index in [1.165, 1.54) is 12.1 Å². The van der Waals surface area contributed by atoms with Gasteiger partial charge in [0, 0.05) is 12.5 Å². The number of hydrogen-bond donors (Lipinski definition) is 1. The van der Waals surface area contributed by atoms with Gasteiger partial charge in [0.2, 0.25) is 5.91 Å². The van der Waals surface area contributed by atoms with Crippen LogP contribution in [0.3, 0.4) is 0 Å². The maximum Gasteiger partial charge on any atom is 0.416 e. The molecule has 122 valence electrons. The second-order valence-corrected chi connectivity index (χ2v) is 5.09. The van der Waals surface area contributed by atoms with Crippen molar-refractivity contribution in [3.63, 3.8) is 0 Å². The number of carboxylic acid groups (broad SMARTS) is 1. The first-order valence-corrected chi connectivity index (χ1v) is 6.81. The minimum atomic E-state index is -4.42. The molecule has 1 unspecified atom stereocenters. The van der Waals surface area contributed by atoms with Crippen LogP contribution in [-0.4, -0.2) is 28.4 Å². The van der Waals surface area contributed by atoms with Gasteiger partial charge in [-0.1, -0.05) is 26.0 Å². The van der Waals surface area contributed by atoms with E-state index in [0.29, 0.717) is 12.0 Å². The number of halogens is 3. The van der Waals surface area contributed by atoms with E-state index >= 15 is 0 Å². The standard InChI is InChI=1S/C15H18F3NO3/c1-3-10(2)14(22)19(9-13(20)21)8-11-4-6-12(7-5-11)15(16,17)18/h4-7,10H,3,8-9H2,1-2H3,(H,20,21). The van der Waals surface area contributed by atoms with Crippen molar-refractivity contribution in [2.75, 3.05) is 6.54 Å². The molecular formula is C15H18F3NO3. The third-order valence-electron chi connectivity index (χ3n) is 3.33. The summed E-state index contributed by atoms with van der Waals surface area (Å²) < 4.78 is 37.5. The van der Waals surface area contributed by atoms with Crippen molar-refractivity contribution in [1.29, 1.82) is 0 Å². The summed E-state index contributed by atoms with van der Waals surface area (Å²) in [6.07, 6.45) is -3.87. The number of amides is 1. The Morgan fingerprint density at radius 1 is 1.23 bits per heavy atom. The SMILES string of the molecule is CCC(C)C(=O)N(CC(=O)O)Cc1ccc(C(F)(F)F)cc1. The lowest BCUT2D eigenvalue weighted by Gasteiger charge is -2.24. The first kappa shape index (κ1) is 18.0. The summed E-state index contributed by atoms with van der Waals surface area (Å²) >= 11 is 0. The summed E-state index contributed by atoms with van der Waals surface area (Å²) in [5.41, 5.74) is -0.333. The highest BCUT2D eigenvalue weighted by Gasteiger charge is 2.30. The maximum atomic E-state index is 12.5. The molecule has 0 radical (unpaired) electrons. The van der Waals surface area contributed by atoms with E-state index in [-0.39, 0.29) is 18.4 Å². The average molecular weight is 317 g/mol. The summed E-state index contributed by atoms with van der Waals surface area (Å²) in [4.78, 5) is 24.1. The lowest BCUT2D eigenvalue weighted by Crippen LogP contribution is -2.38. The predicted octanol–water partition coefficient (Wildman–Crippen LogP) is 3.16. The molecule has 0 aliphatic heterocycles. The van der Waals surface area contributed by atoms with Gasteiger partial charge in [-0.05, 0) is 24.1 Å². The molecule has 0 spiro atoms. The van der Waals surface area contributed by atoms with E-state index in [1.54, 1.807) is 13.8 Å². The smallest absolute Gasteiger partial charge is 0.416 e. The van der Waals surface area contributed by atoms with Gasteiger partial charge in [0.25, 0.3) is 0 Å². The van der Waals surface area contributed by atoms with Crippen LogP contribution in [0.5, 0.6) is 0 Å². The Morgan fingerprint density at radius 3 is 2.18 bits per heavy atom. The molecule has 1 rings (SSSR count). The van der Waals surface area contributed by atoms with Gasteiger partial charge >= 0.3 is 12.1 Å². The fourth-order valence-electron chi connectivity index (χ4n) is 1.88. The first-order chi connectivity index (χ1) is 10.1. The summed E-state index contributed by atoms with van der Waals surface area (Å²) in [7, 11) is 0. The van der Waals surface area contributed by atoms with E-state index in [0.717, 1.165) is 17.0 Å². The molecule has 22 heavy (non-hydrogen) atoms. The van der Waals surface area contributed by atoms with Crippen LogP contribution in [0.25, 0.3) is 0 Å². The van der Waals surface area contributed by atoms with Crippen molar-refractivity contribution in [1.82, 2.24) is 4.90 Å². The third-order valence-corrected chi connectivity index (χ3v) is 3.33. The fourth-order valence-corrected chi connectivity index (χ4v) is 1.88. The van der Waals surface area contributed by atoms with Crippen LogP contribution >= 0.6 is 0 Å². The molecule has 0 aromatic heterocycles. The second kappa shape index (κ2) is 7.29. The minimum Gasteiger partial charge on any atom is -0.480 e. The molecule has 1 atom stereocenters. The molecule has 0 fully saturated rings. The highest BCUT2D eigenvalue weighted by molar-refractivity contribution is 5.82. The molecule has 0 saturated heterocycles. The average Bonchev–Trinajstić information content (AvgIpc) is 2.44. The van der Waals surface area contributed by atoms with Crippen LogP contribution in [0.2, 0.25) is 0 Å². The Labute approximate surface area is 126 Å². The van der Waals surface area contributed by atoms with E-state index in [2.05, 4.69) is 0 Å². The Balaban J connectivity index is 2.90. The first-order valence-electron chi connectivity index (χ1n) is 6.81. The van der Waals surface area contributed by atoms with Crippen LogP contribution in [0.15, 0.2) is 24.3 Å². The molecule has 1 aromatic rings. The second-order valence-electron chi connectivity index (χ2n) is 5.09. The highest BCUT2D eigenvalue weighted by atomic mass is 19.4. The van der Waals surface area contributed by atoms with Crippen LogP contribution in [0, 0.1) is 5.92 Å². The molecule has 0 aliphatic carbocycles. The Bertz CT molecular complexity index is 526. The fraction of sp³-hybridized carbons (Fsp3) is 0.467. The molecule has 7 heteroatoms. The molecule has 0 saturated carbocycles. The number of benzene rings is 1. The summed E-state index contributed by atoms with van der Waals surface area (Å²) in [6.45, 7) is 2.97. The number of hydrogen-bond acceptors (Lipinski definition) is 2. The summed E-state index contributed by atoms with van der Waals surface area (Å²) in [5, 5.41) is 8.87. The van der Waals surface area contributed by atoms with E-state index < -0.39 is 24.3 Å². The van der Waals surface area contributed by atoms with Crippen molar-refractivity contribution in [2.24, 2.45) is 5.92 Å². The van der Waals surface area contributed by atoms with Gasteiger partial charge in [-0.25, -0.2) is 0 Å². The van der Waals surface area contributed by atoms with Crippen molar-refractivity contribution in [3.8, 4) is 0 Å². The van der Waals surface area contributed by atoms with Gasteiger partial charge in [-0.3, -0.25) is 9.59 Å². The van der Waals surface area contributed by atoms with Crippen molar-refractivity contribution >= 4 is 11.9 Å². The quantitative estimate of drug-likeness (QED) is 0.877. The minimum absolute atomic E-state index is 0.0341. The molecule has 4 nitrogen and oxygen atoms in total. The number of aliphatic carboxylic acids is 1. The lowest BCUT2D eigenvalue weighted by atomic mass is 10.1. The van der Waals surface area contributed by atoms with Crippen molar-refractivity contribution in [3.05, 3.63) is 35.4 Å². The van der Waals surface area contributed by atoms with Gasteiger partial charge in [-0.15, -0.1) is 0 Å². The molecule has 0 aliphatic rings. The molecule has 1 amide bonds. The Hall–Kier alpha value is -2.05. The zero-order valence-electron chi connectivity index (χ0n) is 12.4. The summed E-state index contributed by atoms with van der Waals surface area (Å²) in [5.74, 6) is -1.83. The van der Waals surface area contributed by atoms with Crippen molar-refractivity contribution in [2.45, 2.75) is 33.0 Å². The van der Waals surface area contributed by atoms with Gasteiger partial charge in [0.1, 0.15) is 6.54 Å². The van der Waals surface area contributed by atoms with Crippen LogP contribution in [0.4, 0.5) is 13.2 Å². The predicted molar refractivity (Wildman–Crippen MR) is 74.0 cm³/mol. The van der Waals surface area contributed by atoms with Gasteiger partial charge in [0.05, 0.1) is 5.56 Å². The number of carboxylic acids is 1.